The smallest absolute Gasteiger partial charge is 0.408 e. The van der Waals surface area contributed by atoms with Gasteiger partial charge in [-0.15, -0.1) is 0 Å². The maximum atomic E-state index is 10.9. The maximum Gasteiger partial charge on any atom is 0.417 e. The summed E-state index contributed by atoms with van der Waals surface area (Å²) in [6, 6.07) is 5.79. The Morgan fingerprint density at radius 2 is 2.00 bits per heavy atom. The van der Waals surface area contributed by atoms with Gasteiger partial charge in [0.2, 0.25) is 0 Å². The zero-order chi connectivity index (χ0) is 10.3. The number of rotatable bonds is 0. The van der Waals surface area contributed by atoms with Gasteiger partial charge in [0.25, 0.3) is 0 Å². The molecule has 0 fully saturated rings. The standard InChI is InChI=1S/C11H13NO2/c1-11(2,3)7-4-5-8-9(6-7)14-10(13)12-8/h4-6H,1-3H3,(H,12,13). The van der Waals surface area contributed by atoms with Crippen LogP contribution >= 0.6 is 0 Å². The Bertz CT molecular complexity index is 514. The molecule has 0 radical (unpaired) electrons. The Balaban J connectivity index is 2.67. The average molecular weight is 191 g/mol. The van der Waals surface area contributed by atoms with Gasteiger partial charge in [0.15, 0.2) is 5.58 Å². The summed E-state index contributed by atoms with van der Waals surface area (Å²) in [5.41, 5.74) is 2.61. The number of hydrogen-bond acceptors (Lipinski definition) is 2. The molecule has 2 aromatic rings. The predicted molar refractivity (Wildman–Crippen MR) is 55.5 cm³/mol. The van der Waals surface area contributed by atoms with Crippen LogP contribution in [-0.4, -0.2) is 4.98 Å². The van der Waals surface area contributed by atoms with Gasteiger partial charge in [-0.1, -0.05) is 26.8 Å². The van der Waals surface area contributed by atoms with Crippen molar-refractivity contribution in [1.29, 1.82) is 0 Å². The second-order valence-electron chi connectivity index (χ2n) is 4.48. The van der Waals surface area contributed by atoms with Crippen molar-refractivity contribution in [3.05, 3.63) is 34.3 Å². The molecule has 2 rings (SSSR count). The van der Waals surface area contributed by atoms with E-state index in [1.54, 1.807) is 0 Å². The second kappa shape index (κ2) is 2.74. The summed E-state index contributed by atoms with van der Waals surface area (Å²) in [6.45, 7) is 6.37. The van der Waals surface area contributed by atoms with E-state index in [0.29, 0.717) is 5.58 Å². The first-order chi connectivity index (χ1) is 6.47. The Morgan fingerprint density at radius 3 is 2.64 bits per heavy atom. The summed E-state index contributed by atoms with van der Waals surface area (Å²) in [5, 5.41) is 0. The third-order valence-corrected chi connectivity index (χ3v) is 2.29. The summed E-state index contributed by atoms with van der Waals surface area (Å²) in [4.78, 5) is 13.5. The van der Waals surface area contributed by atoms with E-state index in [4.69, 9.17) is 4.42 Å². The molecule has 0 saturated carbocycles. The Labute approximate surface area is 81.7 Å². The summed E-state index contributed by atoms with van der Waals surface area (Å²) < 4.78 is 4.99. The first-order valence-electron chi connectivity index (χ1n) is 4.60. The first kappa shape index (κ1) is 9.06. The van der Waals surface area contributed by atoms with Crippen LogP contribution in [0.4, 0.5) is 0 Å². The molecule has 3 heteroatoms. The van der Waals surface area contributed by atoms with Gasteiger partial charge in [-0.2, -0.15) is 0 Å². The Hall–Kier alpha value is -1.51. The number of H-pyrrole nitrogens is 1. The number of fused-ring (bicyclic) bond motifs is 1. The van der Waals surface area contributed by atoms with Gasteiger partial charge in [0, 0.05) is 0 Å². The highest BCUT2D eigenvalue weighted by atomic mass is 16.4. The van der Waals surface area contributed by atoms with Crippen molar-refractivity contribution < 1.29 is 4.42 Å². The van der Waals surface area contributed by atoms with Crippen LogP contribution < -0.4 is 5.76 Å². The van der Waals surface area contributed by atoms with Crippen LogP contribution in [0, 0.1) is 0 Å². The van der Waals surface area contributed by atoms with Crippen LogP contribution in [0.25, 0.3) is 11.1 Å². The summed E-state index contributed by atoms with van der Waals surface area (Å²) >= 11 is 0. The van der Waals surface area contributed by atoms with Crippen LogP contribution in [0.5, 0.6) is 0 Å². The maximum absolute atomic E-state index is 10.9. The van der Waals surface area contributed by atoms with Gasteiger partial charge in [0.05, 0.1) is 5.52 Å². The van der Waals surface area contributed by atoms with Crippen molar-refractivity contribution >= 4 is 11.1 Å². The summed E-state index contributed by atoms with van der Waals surface area (Å²) in [7, 11) is 0. The lowest BCUT2D eigenvalue weighted by molar-refractivity contribution is 0.550. The molecule has 1 N–H and O–H groups in total. The van der Waals surface area contributed by atoms with Crippen LogP contribution in [0.15, 0.2) is 27.4 Å². The number of hydrogen-bond donors (Lipinski definition) is 1. The van der Waals surface area contributed by atoms with E-state index in [2.05, 4.69) is 25.8 Å². The summed E-state index contributed by atoms with van der Waals surface area (Å²) in [6.07, 6.45) is 0. The monoisotopic (exact) mass is 191 g/mol. The second-order valence-corrected chi connectivity index (χ2v) is 4.48. The molecule has 3 nitrogen and oxygen atoms in total. The molecule has 0 unspecified atom stereocenters. The van der Waals surface area contributed by atoms with Gasteiger partial charge in [-0.05, 0) is 23.1 Å². The van der Waals surface area contributed by atoms with Crippen molar-refractivity contribution in [2.24, 2.45) is 0 Å². The Kier molecular flexibility index (Phi) is 1.77. The van der Waals surface area contributed by atoms with Gasteiger partial charge in [-0.3, -0.25) is 4.98 Å². The average Bonchev–Trinajstić information content (AvgIpc) is 2.41. The van der Waals surface area contributed by atoms with E-state index in [9.17, 15) is 4.79 Å². The van der Waals surface area contributed by atoms with E-state index in [1.165, 1.54) is 0 Å². The van der Waals surface area contributed by atoms with E-state index < -0.39 is 5.76 Å². The highest BCUT2D eigenvalue weighted by Gasteiger charge is 2.14. The van der Waals surface area contributed by atoms with Crippen LogP contribution in [0.1, 0.15) is 26.3 Å². The molecule has 74 valence electrons. The molecule has 1 heterocycles. The van der Waals surface area contributed by atoms with Gasteiger partial charge in [0.1, 0.15) is 0 Å². The summed E-state index contributed by atoms with van der Waals surface area (Å²) in [5.74, 6) is -0.397. The number of benzene rings is 1. The molecule has 0 atom stereocenters. The quantitative estimate of drug-likeness (QED) is 0.695. The fourth-order valence-electron chi connectivity index (χ4n) is 1.41. The molecule has 0 bridgehead atoms. The third-order valence-electron chi connectivity index (χ3n) is 2.29. The van der Waals surface area contributed by atoms with Crippen LogP contribution in [-0.2, 0) is 5.41 Å². The molecule has 1 aromatic heterocycles. The lowest BCUT2D eigenvalue weighted by atomic mass is 9.87. The van der Waals surface area contributed by atoms with Gasteiger partial charge < -0.3 is 4.42 Å². The number of aromatic amines is 1. The molecule has 0 aliphatic carbocycles. The molecule has 0 aliphatic rings. The molecule has 0 saturated heterocycles. The minimum Gasteiger partial charge on any atom is -0.408 e. The molecular weight excluding hydrogens is 178 g/mol. The first-order valence-corrected chi connectivity index (χ1v) is 4.60. The fourth-order valence-corrected chi connectivity index (χ4v) is 1.41. The van der Waals surface area contributed by atoms with Crippen molar-refractivity contribution in [2.75, 3.05) is 0 Å². The molecule has 1 aromatic carbocycles. The van der Waals surface area contributed by atoms with E-state index in [1.807, 2.05) is 18.2 Å². The minimum absolute atomic E-state index is 0.0734. The normalized spacial score (nSPS) is 12.2. The van der Waals surface area contributed by atoms with Crippen molar-refractivity contribution in [2.45, 2.75) is 26.2 Å². The number of aromatic nitrogens is 1. The van der Waals surface area contributed by atoms with E-state index >= 15 is 0 Å². The fraction of sp³-hybridized carbons (Fsp3) is 0.364. The van der Waals surface area contributed by atoms with Gasteiger partial charge >= 0.3 is 5.76 Å². The highest BCUT2D eigenvalue weighted by Crippen LogP contribution is 2.24. The molecule has 0 amide bonds. The van der Waals surface area contributed by atoms with Crippen LogP contribution in [0.3, 0.4) is 0 Å². The van der Waals surface area contributed by atoms with Gasteiger partial charge in [-0.25, -0.2) is 4.79 Å². The molecule has 0 aliphatic heterocycles. The topological polar surface area (TPSA) is 46.0 Å². The van der Waals surface area contributed by atoms with Crippen molar-refractivity contribution in [3.63, 3.8) is 0 Å². The third kappa shape index (κ3) is 1.45. The lowest BCUT2D eigenvalue weighted by Crippen LogP contribution is -2.10. The molecule has 14 heavy (non-hydrogen) atoms. The molecule has 0 spiro atoms. The molecular formula is C11H13NO2. The number of oxazole rings is 1. The number of nitrogens with one attached hydrogen (secondary N) is 1. The minimum atomic E-state index is -0.397. The lowest BCUT2D eigenvalue weighted by Gasteiger charge is -2.18. The highest BCUT2D eigenvalue weighted by molar-refractivity contribution is 5.73. The van der Waals surface area contributed by atoms with Crippen molar-refractivity contribution in [3.8, 4) is 0 Å². The van der Waals surface area contributed by atoms with E-state index in [-0.39, 0.29) is 5.41 Å². The van der Waals surface area contributed by atoms with E-state index in [0.717, 1.165) is 11.1 Å². The van der Waals surface area contributed by atoms with Crippen molar-refractivity contribution in [1.82, 2.24) is 4.98 Å². The zero-order valence-corrected chi connectivity index (χ0v) is 8.55. The Morgan fingerprint density at radius 1 is 1.29 bits per heavy atom. The largest absolute Gasteiger partial charge is 0.417 e. The zero-order valence-electron chi connectivity index (χ0n) is 8.55. The SMILES string of the molecule is CC(C)(C)c1ccc2[nH]c(=O)oc2c1. The van der Waals surface area contributed by atoms with Crippen LogP contribution in [0.2, 0.25) is 0 Å². The predicted octanol–water partition coefficient (Wildman–Crippen LogP) is 2.42.